The summed E-state index contributed by atoms with van der Waals surface area (Å²) in [5, 5.41) is 0. The Hall–Kier alpha value is -0.820. The van der Waals surface area contributed by atoms with Crippen LogP contribution in [-0.4, -0.2) is 6.54 Å². The number of nitrogens with two attached hydrogens (primary N) is 1. The first-order chi connectivity index (χ1) is 7.26. The molecule has 0 spiro atoms. The van der Waals surface area contributed by atoms with Crippen molar-refractivity contribution in [3.05, 3.63) is 35.9 Å². The molecule has 0 aliphatic heterocycles. The molecule has 3 aliphatic rings. The van der Waals surface area contributed by atoms with E-state index in [-0.39, 0.29) is 0 Å². The highest BCUT2D eigenvalue weighted by atomic mass is 14.8. The SMILES string of the molecule is NCC12CC(CCc3ccccc3)(C1)C2. The summed E-state index contributed by atoms with van der Waals surface area (Å²) in [4.78, 5) is 0. The lowest BCUT2D eigenvalue weighted by atomic mass is 9.34. The smallest absolute Gasteiger partial charge is 0.00199 e. The van der Waals surface area contributed by atoms with Gasteiger partial charge in [-0.15, -0.1) is 0 Å². The lowest BCUT2D eigenvalue weighted by molar-refractivity contribution is -0.199. The fraction of sp³-hybridized carbons (Fsp3) is 0.571. The van der Waals surface area contributed by atoms with Gasteiger partial charge in [-0.25, -0.2) is 0 Å². The van der Waals surface area contributed by atoms with Gasteiger partial charge in [0.1, 0.15) is 0 Å². The summed E-state index contributed by atoms with van der Waals surface area (Å²) in [5.74, 6) is 0. The zero-order chi connectivity index (χ0) is 10.4. The summed E-state index contributed by atoms with van der Waals surface area (Å²) < 4.78 is 0. The maximum Gasteiger partial charge on any atom is -0.00199 e. The van der Waals surface area contributed by atoms with Gasteiger partial charge < -0.3 is 5.73 Å². The molecular formula is C14H19N. The van der Waals surface area contributed by atoms with Crippen LogP contribution in [0.3, 0.4) is 0 Å². The third kappa shape index (κ3) is 1.41. The molecule has 4 rings (SSSR count). The zero-order valence-electron chi connectivity index (χ0n) is 9.21. The number of hydrogen-bond acceptors (Lipinski definition) is 1. The normalized spacial score (nSPS) is 36.9. The molecule has 3 fully saturated rings. The number of hydrogen-bond donors (Lipinski definition) is 1. The molecular weight excluding hydrogens is 182 g/mol. The van der Waals surface area contributed by atoms with Gasteiger partial charge in [-0.05, 0) is 55.0 Å². The van der Waals surface area contributed by atoms with E-state index in [1.54, 1.807) is 0 Å². The molecule has 80 valence electrons. The lowest BCUT2D eigenvalue weighted by Crippen LogP contribution is -2.64. The first-order valence-corrected chi connectivity index (χ1v) is 6.00. The third-order valence-electron chi connectivity index (χ3n) is 4.47. The van der Waals surface area contributed by atoms with Crippen LogP contribution < -0.4 is 5.73 Å². The highest BCUT2D eigenvalue weighted by Crippen LogP contribution is 2.74. The van der Waals surface area contributed by atoms with Crippen molar-refractivity contribution in [3.8, 4) is 0 Å². The van der Waals surface area contributed by atoms with E-state index < -0.39 is 0 Å². The Labute approximate surface area is 91.7 Å². The van der Waals surface area contributed by atoms with Gasteiger partial charge in [-0.3, -0.25) is 0 Å². The van der Waals surface area contributed by atoms with Gasteiger partial charge >= 0.3 is 0 Å². The Morgan fingerprint density at radius 1 is 1.00 bits per heavy atom. The summed E-state index contributed by atoms with van der Waals surface area (Å²) >= 11 is 0. The molecule has 1 heteroatoms. The molecule has 0 radical (unpaired) electrons. The van der Waals surface area contributed by atoms with Crippen LogP contribution in [0.15, 0.2) is 30.3 Å². The van der Waals surface area contributed by atoms with E-state index in [4.69, 9.17) is 5.73 Å². The van der Waals surface area contributed by atoms with Gasteiger partial charge in [-0.1, -0.05) is 30.3 Å². The Bertz CT molecular complexity index is 335. The lowest BCUT2D eigenvalue weighted by Gasteiger charge is -2.71. The van der Waals surface area contributed by atoms with Crippen LogP contribution in [0, 0.1) is 10.8 Å². The van der Waals surface area contributed by atoms with Crippen LogP contribution in [0.25, 0.3) is 0 Å². The van der Waals surface area contributed by atoms with Gasteiger partial charge in [0, 0.05) is 0 Å². The van der Waals surface area contributed by atoms with Gasteiger partial charge in [0.25, 0.3) is 0 Å². The second-order valence-electron chi connectivity index (χ2n) is 5.72. The van der Waals surface area contributed by atoms with Crippen LogP contribution in [0.4, 0.5) is 0 Å². The fourth-order valence-corrected chi connectivity index (χ4v) is 3.77. The topological polar surface area (TPSA) is 26.0 Å². The summed E-state index contributed by atoms with van der Waals surface area (Å²) in [5.41, 5.74) is 8.56. The fourth-order valence-electron chi connectivity index (χ4n) is 3.77. The molecule has 2 N–H and O–H groups in total. The first kappa shape index (κ1) is 9.41. The van der Waals surface area contributed by atoms with Crippen molar-refractivity contribution in [2.45, 2.75) is 32.1 Å². The summed E-state index contributed by atoms with van der Waals surface area (Å²) in [6, 6.07) is 10.8. The van der Waals surface area contributed by atoms with Crippen molar-refractivity contribution >= 4 is 0 Å². The highest BCUT2D eigenvalue weighted by molar-refractivity contribution is 5.20. The molecule has 0 unspecified atom stereocenters. The van der Waals surface area contributed by atoms with Crippen molar-refractivity contribution in [2.24, 2.45) is 16.6 Å². The third-order valence-corrected chi connectivity index (χ3v) is 4.47. The monoisotopic (exact) mass is 201 g/mol. The average molecular weight is 201 g/mol. The molecule has 3 saturated carbocycles. The molecule has 1 nitrogen and oxygen atoms in total. The molecule has 2 bridgehead atoms. The zero-order valence-corrected chi connectivity index (χ0v) is 9.21. The quantitative estimate of drug-likeness (QED) is 0.796. The van der Waals surface area contributed by atoms with Crippen LogP contribution in [-0.2, 0) is 6.42 Å². The second kappa shape index (κ2) is 3.08. The van der Waals surface area contributed by atoms with E-state index in [2.05, 4.69) is 30.3 Å². The molecule has 0 atom stereocenters. The average Bonchev–Trinajstić information content (AvgIpc) is 2.16. The largest absolute Gasteiger partial charge is 0.330 e. The minimum absolute atomic E-state index is 0.594. The van der Waals surface area contributed by atoms with Crippen molar-refractivity contribution in [1.82, 2.24) is 0 Å². The van der Waals surface area contributed by atoms with Gasteiger partial charge in [-0.2, -0.15) is 0 Å². The number of rotatable bonds is 4. The van der Waals surface area contributed by atoms with E-state index >= 15 is 0 Å². The van der Waals surface area contributed by atoms with E-state index in [0.717, 1.165) is 6.54 Å². The second-order valence-corrected chi connectivity index (χ2v) is 5.72. The van der Waals surface area contributed by atoms with Gasteiger partial charge in [0.05, 0.1) is 0 Å². The van der Waals surface area contributed by atoms with Crippen molar-refractivity contribution < 1.29 is 0 Å². The molecule has 3 aliphatic carbocycles. The van der Waals surface area contributed by atoms with E-state index in [9.17, 15) is 0 Å². The summed E-state index contributed by atoms with van der Waals surface area (Å²) in [6.07, 6.45) is 6.84. The van der Waals surface area contributed by atoms with E-state index in [1.807, 2.05) is 0 Å². The van der Waals surface area contributed by atoms with E-state index in [1.165, 1.54) is 37.7 Å². The molecule has 0 heterocycles. The molecule has 0 saturated heterocycles. The minimum Gasteiger partial charge on any atom is -0.330 e. The molecule has 1 aromatic rings. The van der Waals surface area contributed by atoms with Crippen molar-refractivity contribution in [1.29, 1.82) is 0 Å². The summed E-state index contributed by atoms with van der Waals surface area (Å²) in [6.45, 7) is 0.917. The van der Waals surface area contributed by atoms with Crippen molar-refractivity contribution in [2.75, 3.05) is 6.54 Å². The van der Waals surface area contributed by atoms with Gasteiger partial charge in [0.15, 0.2) is 0 Å². The molecule has 15 heavy (non-hydrogen) atoms. The van der Waals surface area contributed by atoms with Crippen LogP contribution in [0.5, 0.6) is 0 Å². The molecule has 0 amide bonds. The Morgan fingerprint density at radius 3 is 2.27 bits per heavy atom. The van der Waals surface area contributed by atoms with Crippen LogP contribution >= 0.6 is 0 Å². The Balaban J connectivity index is 1.53. The predicted octanol–water partition coefficient (Wildman–Crippen LogP) is 2.75. The predicted molar refractivity (Wildman–Crippen MR) is 62.5 cm³/mol. The Morgan fingerprint density at radius 2 is 1.67 bits per heavy atom. The van der Waals surface area contributed by atoms with E-state index in [0.29, 0.717) is 10.8 Å². The van der Waals surface area contributed by atoms with Crippen LogP contribution in [0.2, 0.25) is 0 Å². The minimum atomic E-state index is 0.594. The number of aryl methyl sites for hydroxylation is 1. The molecule has 1 aromatic carbocycles. The summed E-state index contributed by atoms with van der Waals surface area (Å²) in [7, 11) is 0. The first-order valence-electron chi connectivity index (χ1n) is 6.00. The van der Waals surface area contributed by atoms with Crippen LogP contribution in [0.1, 0.15) is 31.2 Å². The van der Waals surface area contributed by atoms with Crippen molar-refractivity contribution in [3.63, 3.8) is 0 Å². The Kier molecular flexibility index (Phi) is 1.93. The standard InChI is InChI=1S/C14H19N/c15-11-14-8-13(9-14,10-14)7-6-12-4-2-1-3-5-12/h1-5H,6-11,15H2. The van der Waals surface area contributed by atoms with Gasteiger partial charge in [0.2, 0.25) is 0 Å². The molecule has 0 aromatic heterocycles. The number of benzene rings is 1. The maximum atomic E-state index is 5.77. The highest BCUT2D eigenvalue weighted by Gasteiger charge is 2.65. The maximum absolute atomic E-state index is 5.77.